The van der Waals surface area contributed by atoms with Gasteiger partial charge in [-0.2, -0.15) is 0 Å². The average Bonchev–Trinajstić information content (AvgIpc) is 2.76. The second-order valence-corrected chi connectivity index (χ2v) is 9.44. The van der Waals surface area contributed by atoms with Crippen LogP contribution in [0.1, 0.15) is 61.4 Å². The first-order valence-electron chi connectivity index (χ1n) is 11.0. The number of carbonyl (C=O) groups excluding carboxylic acids is 1. The number of aromatic nitrogens is 2. The van der Waals surface area contributed by atoms with Gasteiger partial charge < -0.3 is 4.90 Å². The third-order valence-corrected chi connectivity index (χ3v) is 7.09. The zero-order valence-corrected chi connectivity index (χ0v) is 19.4. The van der Waals surface area contributed by atoms with Crippen LogP contribution in [0.5, 0.6) is 0 Å². The summed E-state index contributed by atoms with van der Waals surface area (Å²) < 4.78 is 1.62. The second-order valence-electron chi connectivity index (χ2n) is 8.27. The third-order valence-electron chi connectivity index (χ3n) is 5.79. The van der Waals surface area contributed by atoms with Crippen molar-refractivity contribution in [1.82, 2.24) is 14.5 Å². The van der Waals surface area contributed by atoms with Crippen molar-refractivity contribution in [2.24, 2.45) is 7.05 Å². The maximum atomic E-state index is 13.1. The number of nitrogens with zero attached hydrogens (tertiary/aromatic N) is 3. The summed E-state index contributed by atoms with van der Waals surface area (Å²) in [5.41, 5.74) is 3.76. The zero-order chi connectivity index (χ0) is 21.7. The van der Waals surface area contributed by atoms with E-state index in [-0.39, 0.29) is 16.7 Å². The van der Waals surface area contributed by atoms with E-state index in [0.29, 0.717) is 11.6 Å². The van der Waals surface area contributed by atoms with Crippen LogP contribution in [0.15, 0.2) is 34.2 Å². The largest absolute Gasteiger partial charge is 0.342 e. The van der Waals surface area contributed by atoms with E-state index >= 15 is 0 Å². The lowest BCUT2D eigenvalue weighted by molar-refractivity contribution is -0.131. The third kappa shape index (κ3) is 5.34. The van der Waals surface area contributed by atoms with Crippen LogP contribution < -0.4 is 5.56 Å². The molecule has 2 heterocycles. The number of aryl methyl sites for hydroxylation is 2. The number of hydrogen-bond acceptors (Lipinski definition) is 4. The molecular weight excluding hydrogens is 394 g/mol. The molecule has 1 aromatic heterocycles. The molecule has 2 aromatic rings. The molecule has 1 aliphatic rings. The number of benzene rings is 1. The molecule has 1 fully saturated rings. The molecule has 0 radical (unpaired) electrons. The van der Waals surface area contributed by atoms with Gasteiger partial charge in [0.05, 0.1) is 5.25 Å². The fraction of sp³-hybridized carbons (Fsp3) is 0.542. The topological polar surface area (TPSA) is 55.2 Å². The summed E-state index contributed by atoms with van der Waals surface area (Å²) >= 11 is 1.45. The molecule has 0 aliphatic carbocycles. The Morgan fingerprint density at radius 3 is 2.43 bits per heavy atom. The van der Waals surface area contributed by atoms with E-state index in [4.69, 9.17) is 4.98 Å². The number of piperidine rings is 1. The molecule has 1 aromatic carbocycles. The summed E-state index contributed by atoms with van der Waals surface area (Å²) in [6.07, 6.45) is 5.65. The molecule has 0 saturated carbocycles. The minimum Gasteiger partial charge on any atom is -0.342 e. The lowest BCUT2D eigenvalue weighted by Crippen LogP contribution is -2.41. The van der Waals surface area contributed by atoms with E-state index in [2.05, 4.69) is 38.1 Å². The van der Waals surface area contributed by atoms with Crippen molar-refractivity contribution < 1.29 is 4.79 Å². The molecule has 1 unspecified atom stereocenters. The molecule has 5 nitrogen and oxygen atoms in total. The highest BCUT2D eigenvalue weighted by molar-refractivity contribution is 8.00. The number of likely N-dealkylation sites (tertiary alicyclic amines) is 1. The van der Waals surface area contributed by atoms with Gasteiger partial charge in [-0.05, 0) is 45.1 Å². The number of rotatable bonds is 7. The van der Waals surface area contributed by atoms with Gasteiger partial charge in [0.1, 0.15) is 0 Å². The first kappa shape index (κ1) is 22.6. The molecule has 1 amide bonds. The number of thioether (sulfide) groups is 1. The summed E-state index contributed by atoms with van der Waals surface area (Å²) in [5, 5.41) is 0.447. The van der Waals surface area contributed by atoms with Crippen LogP contribution in [0, 0.1) is 13.8 Å². The van der Waals surface area contributed by atoms with E-state index in [1.54, 1.807) is 11.6 Å². The van der Waals surface area contributed by atoms with Gasteiger partial charge in [-0.1, -0.05) is 54.9 Å². The highest BCUT2D eigenvalue weighted by Gasteiger charge is 2.27. The highest BCUT2D eigenvalue weighted by atomic mass is 32.2. The normalized spacial score (nSPS) is 15.3. The monoisotopic (exact) mass is 427 g/mol. The maximum absolute atomic E-state index is 13.1. The number of hydrogen-bond donors (Lipinski definition) is 0. The van der Waals surface area contributed by atoms with Crippen molar-refractivity contribution >= 4 is 17.7 Å². The SMILES string of the molecule is CCCC(Sc1nc(C)c(Cc2ccc(C)cc2)c(=O)n1C)C(=O)N1CCCCC1. The van der Waals surface area contributed by atoms with Crippen LogP contribution >= 0.6 is 11.8 Å². The predicted octanol–water partition coefficient (Wildman–Crippen LogP) is 4.26. The van der Waals surface area contributed by atoms with E-state index in [1.807, 2.05) is 11.8 Å². The molecule has 0 spiro atoms. The molecule has 3 rings (SSSR count). The van der Waals surface area contributed by atoms with Crippen LogP contribution in [0.4, 0.5) is 0 Å². The molecule has 30 heavy (non-hydrogen) atoms. The van der Waals surface area contributed by atoms with Crippen LogP contribution in [-0.2, 0) is 18.3 Å². The van der Waals surface area contributed by atoms with Crippen molar-refractivity contribution in [2.75, 3.05) is 13.1 Å². The molecule has 0 bridgehead atoms. The van der Waals surface area contributed by atoms with Gasteiger partial charge in [0.15, 0.2) is 5.16 Å². The van der Waals surface area contributed by atoms with Crippen molar-refractivity contribution in [2.45, 2.75) is 69.7 Å². The van der Waals surface area contributed by atoms with E-state index in [1.165, 1.54) is 23.7 Å². The first-order chi connectivity index (χ1) is 14.4. The molecular formula is C24H33N3O2S. The minimum atomic E-state index is -0.187. The van der Waals surface area contributed by atoms with Crippen molar-refractivity contribution in [3.8, 4) is 0 Å². The summed E-state index contributed by atoms with van der Waals surface area (Å²) in [7, 11) is 1.77. The first-order valence-corrected chi connectivity index (χ1v) is 11.9. The Kier molecular flexibility index (Phi) is 7.75. The quantitative estimate of drug-likeness (QED) is 0.489. The fourth-order valence-corrected chi connectivity index (χ4v) is 5.18. The molecule has 1 atom stereocenters. The van der Waals surface area contributed by atoms with Gasteiger partial charge in [0.25, 0.3) is 5.56 Å². The van der Waals surface area contributed by atoms with E-state index in [0.717, 1.165) is 55.6 Å². The predicted molar refractivity (Wildman–Crippen MR) is 123 cm³/mol. The van der Waals surface area contributed by atoms with E-state index in [9.17, 15) is 9.59 Å². The Morgan fingerprint density at radius 2 is 1.80 bits per heavy atom. The van der Waals surface area contributed by atoms with Crippen LogP contribution in [0.3, 0.4) is 0 Å². The Bertz CT molecular complexity index is 931. The molecule has 1 aliphatic heterocycles. The minimum absolute atomic E-state index is 0.0220. The Labute approximate surface area is 183 Å². The highest BCUT2D eigenvalue weighted by Crippen LogP contribution is 2.27. The summed E-state index contributed by atoms with van der Waals surface area (Å²) in [4.78, 5) is 33.0. The average molecular weight is 428 g/mol. The maximum Gasteiger partial charge on any atom is 0.257 e. The summed E-state index contributed by atoms with van der Waals surface area (Å²) in [6, 6.07) is 8.25. The van der Waals surface area contributed by atoms with Crippen LogP contribution in [-0.4, -0.2) is 38.7 Å². The van der Waals surface area contributed by atoms with Gasteiger partial charge in [-0.25, -0.2) is 4.98 Å². The van der Waals surface area contributed by atoms with Gasteiger partial charge in [-0.3, -0.25) is 14.2 Å². The molecule has 1 saturated heterocycles. The second kappa shape index (κ2) is 10.3. The van der Waals surface area contributed by atoms with Gasteiger partial charge in [-0.15, -0.1) is 0 Å². The van der Waals surface area contributed by atoms with Crippen molar-refractivity contribution in [3.05, 3.63) is 57.0 Å². The molecule has 0 N–H and O–H groups in total. The van der Waals surface area contributed by atoms with Gasteiger partial charge in [0, 0.05) is 37.8 Å². The van der Waals surface area contributed by atoms with E-state index < -0.39 is 0 Å². The molecule has 162 valence electrons. The van der Waals surface area contributed by atoms with Crippen LogP contribution in [0.25, 0.3) is 0 Å². The Hall–Kier alpha value is -2.08. The van der Waals surface area contributed by atoms with Crippen LogP contribution in [0.2, 0.25) is 0 Å². The summed E-state index contributed by atoms with van der Waals surface area (Å²) in [6.45, 7) is 7.75. The number of carbonyl (C=O) groups is 1. The molecule has 6 heteroatoms. The summed E-state index contributed by atoms with van der Waals surface area (Å²) in [5.74, 6) is 0.192. The number of amides is 1. The van der Waals surface area contributed by atoms with Gasteiger partial charge in [0.2, 0.25) is 5.91 Å². The lowest BCUT2D eigenvalue weighted by atomic mass is 10.0. The Morgan fingerprint density at radius 1 is 1.13 bits per heavy atom. The van der Waals surface area contributed by atoms with Crippen molar-refractivity contribution in [1.29, 1.82) is 0 Å². The zero-order valence-electron chi connectivity index (χ0n) is 18.6. The van der Waals surface area contributed by atoms with Crippen molar-refractivity contribution in [3.63, 3.8) is 0 Å². The lowest BCUT2D eigenvalue weighted by Gasteiger charge is -2.30. The fourth-order valence-electron chi connectivity index (χ4n) is 3.89. The smallest absolute Gasteiger partial charge is 0.257 e. The van der Waals surface area contributed by atoms with Gasteiger partial charge >= 0.3 is 0 Å². The Balaban J connectivity index is 1.83. The standard InChI is InChI=1S/C24H33N3O2S/c1-5-9-21(23(29)27-14-7-6-8-15-27)30-24-25-18(3)20(22(28)26(24)4)16-19-12-10-17(2)11-13-19/h10-13,21H,5-9,14-16H2,1-4H3.